The summed E-state index contributed by atoms with van der Waals surface area (Å²) < 4.78 is 11.1. The number of anilines is 1. The van der Waals surface area contributed by atoms with Crippen LogP contribution >= 0.6 is 11.6 Å². The highest BCUT2D eigenvalue weighted by atomic mass is 35.5. The maximum Gasteiger partial charge on any atom is 0.236 e. The summed E-state index contributed by atoms with van der Waals surface area (Å²) in [6, 6.07) is 12.9. The lowest BCUT2D eigenvalue weighted by molar-refractivity contribution is 0.265. The monoisotopic (exact) mass is 340 g/mol. The number of nitrogens with one attached hydrogen (secondary N) is 1. The van der Waals surface area contributed by atoms with Gasteiger partial charge >= 0.3 is 0 Å². The summed E-state index contributed by atoms with van der Waals surface area (Å²) in [6.45, 7) is 0.576. The average Bonchev–Trinajstić information content (AvgIpc) is 3.02. The fraction of sp³-hybridized carbons (Fsp3) is 0.118. The Balaban J connectivity index is 1.66. The van der Waals surface area contributed by atoms with Crippen molar-refractivity contribution in [2.45, 2.75) is 13.2 Å². The standard InChI is InChI=1S/C17H13ClN4O2/c18-13-3-1-2-4-15(13)23-11-16-22-14(9-19)17(24-16)21-10-12-5-7-20-8-6-12/h1-8,21H,10-11H2. The summed E-state index contributed by atoms with van der Waals surface area (Å²) in [5.74, 6) is 1.14. The second-order valence-electron chi connectivity index (χ2n) is 4.83. The molecule has 0 fully saturated rings. The number of para-hydroxylation sites is 1. The lowest BCUT2D eigenvalue weighted by atomic mass is 10.3. The second-order valence-corrected chi connectivity index (χ2v) is 5.23. The largest absolute Gasteiger partial charge is 0.482 e. The number of oxazole rings is 1. The van der Waals surface area contributed by atoms with E-state index < -0.39 is 0 Å². The van der Waals surface area contributed by atoms with Gasteiger partial charge in [-0.15, -0.1) is 0 Å². The fourth-order valence-corrected chi connectivity index (χ4v) is 2.20. The molecule has 0 saturated heterocycles. The van der Waals surface area contributed by atoms with E-state index in [4.69, 9.17) is 20.8 Å². The Bertz CT molecular complexity index is 859. The van der Waals surface area contributed by atoms with Gasteiger partial charge in [0.1, 0.15) is 11.8 Å². The van der Waals surface area contributed by atoms with Gasteiger partial charge < -0.3 is 14.5 Å². The Morgan fingerprint density at radius 1 is 1.21 bits per heavy atom. The topological polar surface area (TPSA) is 84.0 Å². The van der Waals surface area contributed by atoms with Crippen LogP contribution in [-0.4, -0.2) is 9.97 Å². The van der Waals surface area contributed by atoms with Gasteiger partial charge in [0.2, 0.25) is 17.5 Å². The first-order valence-electron chi connectivity index (χ1n) is 7.16. The minimum Gasteiger partial charge on any atom is -0.482 e. The number of hydrogen-bond acceptors (Lipinski definition) is 6. The Labute approximate surface area is 143 Å². The van der Waals surface area contributed by atoms with Gasteiger partial charge in [-0.2, -0.15) is 10.2 Å². The second kappa shape index (κ2) is 7.49. The van der Waals surface area contributed by atoms with Gasteiger partial charge in [-0.3, -0.25) is 4.98 Å². The summed E-state index contributed by atoms with van der Waals surface area (Å²) in [7, 11) is 0. The van der Waals surface area contributed by atoms with E-state index in [2.05, 4.69) is 15.3 Å². The first-order valence-corrected chi connectivity index (χ1v) is 7.54. The van der Waals surface area contributed by atoms with Crippen LogP contribution in [0.1, 0.15) is 17.1 Å². The van der Waals surface area contributed by atoms with E-state index in [0.717, 1.165) is 5.56 Å². The molecule has 7 heteroatoms. The molecule has 0 radical (unpaired) electrons. The van der Waals surface area contributed by atoms with Crippen molar-refractivity contribution in [3.63, 3.8) is 0 Å². The molecular weight excluding hydrogens is 328 g/mol. The van der Waals surface area contributed by atoms with Crippen LogP contribution in [0.4, 0.5) is 5.88 Å². The van der Waals surface area contributed by atoms with Crippen molar-refractivity contribution in [3.05, 3.63) is 71.0 Å². The molecule has 6 nitrogen and oxygen atoms in total. The first-order chi connectivity index (χ1) is 11.8. The highest BCUT2D eigenvalue weighted by Gasteiger charge is 2.13. The molecule has 3 rings (SSSR count). The number of hydrogen-bond donors (Lipinski definition) is 1. The number of aromatic nitrogens is 2. The minimum absolute atomic E-state index is 0.0787. The number of pyridine rings is 1. The van der Waals surface area contributed by atoms with Crippen LogP contribution < -0.4 is 10.1 Å². The third-order valence-electron chi connectivity index (χ3n) is 3.17. The summed E-state index contributed by atoms with van der Waals surface area (Å²) in [4.78, 5) is 8.07. The van der Waals surface area contributed by atoms with Crippen LogP contribution in [0.25, 0.3) is 0 Å². The smallest absolute Gasteiger partial charge is 0.236 e. The number of rotatable bonds is 6. The van der Waals surface area contributed by atoms with E-state index in [9.17, 15) is 5.26 Å². The predicted molar refractivity (Wildman–Crippen MR) is 88.6 cm³/mol. The molecule has 0 aliphatic heterocycles. The Hall–Kier alpha value is -3.04. The van der Waals surface area contributed by atoms with Gasteiger partial charge in [0, 0.05) is 18.9 Å². The highest BCUT2D eigenvalue weighted by molar-refractivity contribution is 6.32. The van der Waals surface area contributed by atoms with Crippen LogP contribution in [0.15, 0.2) is 53.2 Å². The number of nitrogens with zero attached hydrogens (tertiary/aromatic N) is 3. The maximum atomic E-state index is 9.17. The number of benzene rings is 1. The molecule has 2 heterocycles. The lowest BCUT2D eigenvalue weighted by Crippen LogP contribution is -1.99. The normalized spacial score (nSPS) is 10.2. The molecule has 0 aliphatic carbocycles. The van der Waals surface area contributed by atoms with Crippen LogP contribution in [-0.2, 0) is 13.2 Å². The fourth-order valence-electron chi connectivity index (χ4n) is 2.01. The molecule has 0 spiro atoms. The molecule has 0 unspecified atom stereocenters. The molecular formula is C17H13ClN4O2. The first kappa shape index (κ1) is 15.8. The van der Waals surface area contributed by atoms with Crippen LogP contribution in [0, 0.1) is 11.3 Å². The zero-order chi connectivity index (χ0) is 16.8. The van der Waals surface area contributed by atoms with Crippen LogP contribution in [0.2, 0.25) is 5.02 Å². The summed E-state index contributed by atoms with van der Waals surface area (Å²) in [5, 5.41) is 12.7. The molecule has 0 atom stereocenters. The molecule has 1 N–H and O–H groups in total. The van der Waals surface area contributed by atoms with Gasteiger partial charge in [0.25, 0.3) is 0 Å². The summed E-state index contributed by atoms with van der Waals surface area (Å²) >= 11 is 6.03. The summed E-state index contributed by atoms with van der Waals surface area (Å²) in [6.07, 6.45) is 3.40. The highest BCUT2D eigenvalue weighted by Crippen LogP contribution is 2.25. The molecule has 0 bridgehead atoms. The quantitative estimate of drug-likeness (QED) is 0.735. The SMILES string of the molecule is N#Cc1nc(COc2ccccc2Cl)oc1NCc1ccncc1. The Morgan fingerprint density at radius 3 is 2.75 bits per heavy atom. The zero-order valence-corrected chi connectivity index (χ0v) is 13.3. The van der Waals surface area contributed by atoms with E-state index >= 15 is 0 Å². The number of ether oxygens (including phenoxy) is 1. The van der Waals surface area contributed by atoms with Gasteiger partial charge in [-0.1, -0.05) is 23.7 Å². The molecule has 24 heavy (non-hydrogen) atoms. The van der Waals surface area contributed by atoms with E-state index in [1.165, 1.54) is 0 Å². The van der Waals surface area contributed by atoms with Crippen molar-refractivity contribution in [3.8, 4) is 11.8 Å². The molecule has 0 amide bonds. The lowest BCUT2D eigenvalue weighted by Gasteiger charge is -2.05. The molecule has 0 aliphatic rings. The minimum atomic E-state index is 0.0787. The molecule has 3 aromatic rings. The van der Waals surface area contributed by atoms with Gasteiger partial charge in [-0.25, -0.2) is 0 Å². The van der Waals surface area contributed by atoms with Crippen molar-refractivity contribution >= 4 is 17.5 Å². The van der Waals surface area contributed by atoms with E-state index in [0.29, 0.717) is 29.1 Å². The third kappa shape index (κ3) is 3.83. The van der Waals surface area contributed by atoms with Crippen molar-refractivity contribution in [1.29, 1.82) is 5.26 Å². The van der Waals surface area contributed by atoms with E-state index in [-0.39, 0.29) is 12.3 Å². The van der Waals surface area contributed by atoms with E-state index in [1.807, 2.05) is 30.3 Å². The maximum absolute atomic E-state index is 9.17. The van der Waals surface area contributed by atoms with E-state index in [1.54, 1.807) is 24.5 Å². The zero-order valence-electron chi connectivity index (χ0n) is 12.6. The molecule has 120 valence electrons. The Morgan fingerprint density at radius 2 is 2.00 bits per heavy atom. The molecule has 0 saturated carbocycles. The van der Waals surface area contributed by atoms with Crippen LogP contribution in [0.5, 0.6) is 5.75 Å². The van der Waals surface area contributed by atoms with Crippen molar-refractivity contribution in [2.75, 3.05) is 5.32 Å². The van der Waals surface area contributed by atoms with Crippen molar-refractivity contribution in [1.82, 2.24) is 9.97 Å². The average molecular weight is 341 g/mol. The van der Waals surface area contributed by atoms with Crippen LogP contribution in [0.3, 0.4) is 0 Å². The molecule has 2 aromatic heterocycles. The third-order valence-corrected chi connectivity index (χ3v) is 3.48. The van der Waals surface area contributed by atoms with Crippen molar-refractivity contribution < 1.29 is 9.15 Å². The predicted octanol–water partition coefficient (Wildman–Crippen LogP) is 3.79. The Kier molecular flexibility index (Phi) is 4.94. The summed E-state index contributed by atoms with van der Waals surface area (Å²) in [5.41, 5.74) is 1.20. The van der Waals surface area contributed by atoms with Crippen molar-refractivity contribution in [2.24, 2.45) is 0 Å². The number of nitriles is 1. The van der Waals surface area contributed by atoms with Gasteiger partial charge in [-0.05, 0) is 29.8 Å². The van der Waals surface area contributed by atoms with Gasteiger partial charge in [0.15, 0.2) is 6.61 Å². The molecule has 1 aromatic carbocycles. The van der Waals surface area contributed by atoms with Gasteiger partial charge in [0.05, 0.1) is 5.02 Å². The number of halogens is 1.